The zero-order valence-electron chi connectivity index (χ0n) is 14.4. The molecule has 0 aromatic heterocycles. The second-order valence-electron chi connectivity index (χ2n) is 6.02. The lowest BCUT2D eigenvalue weighted by Gasteiger charge is -2.31. The Hall–Kier alpha value is -0.160. The average Bonchev–Trinajstić information content (AvgIpc) is 2.52. The predicted molar refractivity (Wildman–Crippen MR) is 88.9 cm³/mol. The van der Waals surface area contributed by atoms with Crippen molar-refractivity contribution >= 4 is 0 Å². The van der Waals surface area contributed by atoms with E-state index in [4.69, 9.17) is 9.47 Å². The predicted octanol–water partition coefficient (Wildman–Crippen LogP) is 2.67. The molecule has 0 radical (unpaired) electrons. The van der Waals surface area contributed by atoms with Crippen molar-refractivity contribution in [2.24, 2.45) is 0 Å². The molecule has 4 nitrogen and oxygen atoms in total. The van der Waals surface area contributed by atoms with Gasteiger partial charge in [-0.2, -0.15) is 0 Å². The van der Waals surface area contributed by atoms with Gasteiger partial charge in [-0.1, -0.05) is 19.3 Å². The second-order valence-corrected chi connectivity index (χ2v) is 6.02. The molecule has 1 aliphatic carbocycles. The van der Waals surface area contributed by atoms with Crippen LogP contribution in [0.5, 0.6) is 0 Å². The maximum absolute atomic E-state index is 5.51. The van der Waals surface area contributed by atoms with Crippen LogP contribution in [0.4, 0.5) is 0 Å². The minimum absolute atomic E-state index is 0.535. The third kappa shape index (κ3) is 8.77. The molecule has 4 heteroatoms. The number of nitrogens with zero attached hydrogens (tertiary/aromatic N) is 1. The van der Waals surface area contributed by atoms with E-state index in [2.05, 4.69) is 31.0 Å². The molecule has 126 valence electrons. The summed E-state index contributed by atoms with van der Waals surface area (Å²) in [5, 5.41) is 3.76. The van der Waals surface area contributed by atoms with E-state index in [-0.39, 0.29) is 0 Å². The van der Waals surface area contributed by atoms with Crippen molar-refractivity contribution in [3.8, 4) is 0 Å². The van der Waals surface area contributed by atoms with Gasteiger partial charge >= 0.3 is 0 Å². The Labute approximate surface area is 131 Å². The number of hydrogen-bond donors (Lipinski definition) is 1. The van der Waals surface area contributed by atoms with Crippen LogP contribution in [0, 0.1) is 0 Å². The quantitative estimate of drug-likeness (QED) is 0.562. The minimum Gasteiger partial charge on any atom is -0.380 e. The normalized spacial score (nSPS) is 18.3. The van der Waals surface area contributed by atoms with E-state index >= 15 is 0 Å². The Kier molecular flexibility index (Phi) is 11.1. The lowest BCUT2D eigenvalue weighted by atomic mass is 9.95. The van der Waals surface area contributed by atoms with Crippen LogP contribution in [0.2, 0.25) is 0 Å². The molecule has 0 heterocycles. The van der Waals surface area contributed by atoms with E-state index in [0.29, 0.717) is 6.04 Å². The standard InChI is InChI=1S/C17H36N2O2/c1-4-20-13-11-19(12-14-21-5-2)16(3)15-18-17-9-7-6-8-10-17/h16-18H,4-15H2,1-3H3. The molecular formula is C17H36N2O2. The summed E-state index contributed by atoms with van der Waals surface area (Å²) in [6, 6.07) is 1.27. The summed E-state index contributed by atoms with van der Waals surface area (Å²) in [4.78, 5) is 2.49. The van der Waals surface area contributed by atoms with Gasteiger partial charge in [0.25, 0.3) is 0 Å². The molecule has 1 unspecified atom stereocenters. The van der Waals surface area contributed by atoms with E-state index in [1.165, 1.54) is 32.1 Å². The van der Waals surface area contributed by atoms with Gasteiger partial charge in [-0.25, -0.2) is 0 Å². The Morgan fingerprint density at radius 1 is 1.00 bits per heavy atom. The molecule has 1 aliphatic rings. The van der Waals surface area contributed by atoms with Crippen LogP contribution in [-0.2, 0) is 9.47 Å². The van der Waals surface area contributed by atoms with Crippen molar-refractivity contribution in [2.75, 3.05) is 46.1 Å². The highest BCUT2D eigenvalue weighted by Crippen LogP contribution is 2.17. The van der Waals surface area contributed by atoms with Crippen molar-refractivity contribution in [2.45, 2.75) is 65.0 Å². The Bertz CT molecular complexity index is 223. The van der Waals surface area contributed by atoms with Crippen molar-refractivity contribution in [1.82, 2.24) is 10.2 Å². The molecule has 0 amide bonds. The number of rotatable bonds is 12. The van der Waals surface area contributed by atoms with E-state index in [1.54, 1.807) is 0 Å². The summed E-state index contributed by atoms with van der Waals surface area (Å²) < 4.78 is 11.0. The maximum Gasteiger partial charge on any atom is 0.0593 e. The molecule has 0 spiro atoms. The molecule has 1 saturated carbocycles. The van der Waals surface area contributed by atoms with Gasteiger partial charge < -0.3 is 14.8 Å². The highest BCUT2D eigenvalue weighted by atomic mass is 16.5. The molecule has 1 N–H and O–H groups in total. The first-order valence-electron chi connectivity index (χ1n) is 8.90. The minimum atomic E-state index is 0.535. The largest absolute Gasteiger partial charge is 0.380 e. The molecule has 21 heavy (non-hydrogen) atoms. The summed E-state index contributed by atoms with van der Waals surface area (Å²) in [7, 11) is 0. The first-order chi connectivity index (χ1) is 10.3. The lowest BCUT2D eigenvalue weighted by molar-refractivity contribution is 0.0652. The van der Waals surface area contributed by atoms with Gasteiger partial charge in [-0.05, 0) is 33.6 Å². The first kappa shape index (κ1) is 18.9. The smallest absolute Gasteiger partial charge is 0.0593 e. The number of nitrogens with one attached hydrogen (secondary N) is 1. The van der Waals surface area contributed by atoms with Crippen molar-refractivity contribution in [1.29, 1.82) is 0 Å². The van der Waals surface area contributed by atoms with Gasteiger partial charge in [-0.3, -0.25) is 4.90 Å². The molecule has 0 aliphatic heterocycles. The van der Waals surface area contributed by atoms with Crippen molar-refractivity contribution < 1.29 is 9.47 Å². The molecule has 0 aromatic carbocycles. The Morgan fingerprint density at radius 2 is 1.57 bits per heavy atom. The van der Waals surface area contributed by atoms with Gasteiger partial charge in [0.1, 0.15) is 0 Å². The van der Waals surface area contributed by atoms with Crippen LogP contribution < -0.4 is 5.32 Å². The second kappa shape index (κ2) is 12.4. The maximum atomic E-state index is 5.51. The zero-order chi connectivity index (χ0) is 15.3. The fourth-order valence-corrected chi connectivity index (χ4v) is 2.98. The van der Waals surface area contributed by atoms with Crippen LogP contribution in [0.15, 0.2) is 0 Å². The monoisotopic (exact) mass is 300 g/mol. The van der Waals surface area contributed by atoms with Crippen LogP contribution in [0.25, 0.3) is 0 Å². The van der Waals surface area contributed by atoms with Crippen molar-refractivity contribution in [3.05, 3.63) is 0 Å². The molecule has 0 aromatic rings. The molecule has 1 rings (SSSR count). The summed E-state index contributed by atoms with van der Waals surface area (Å²) in [5.74, 6) is 0. The molecule has 1 atom stereocenters. The van der Waals surface area contributed by atoms with E-state index in [9.17, 15) is 0 Å². The van der Waals surface area contributed by atoms with Crippen LogP contribution in [-0.4, -0.2) is 63.0 Å². The third-order valence-corrected chi connectivity index (χ3v) is 4.38. The summed E-state index contributed by atoms with van der Waals surface area (Å²) in [6.45, 7) is 12.7. The Morgan fingerprint density at radius 3 is 2.10 bits per heavy atom. The highest BCUT2D eigenvalue weighted by molar-refractivity contribution is 4.76. The number of hydrogen-bond acceptors (Lipinski definition) is 4. The molecular weight excluding hydrogens is 264 g/mol. The van der Waals surface area contributed by atoms with Crippen LogP contribution in [0.3, 0.4) is 0 Å². The van der Waals surface area contributed by atoms with Gasteiger partial charge in [-0.15, -0.1) is 0 Å². The average molecular weight is 300 g/mol. The summed E-state index contributed by atoms with van der Waals surface area (Å²) in [5.41, 5.74) is 0. The third-order valence-electron chi connectivity index (χ3n) is 4.38. The fraction of sp³-hybridized carbons (Fsp3) is 1.00. The van der Waals surface area contributed by atoms with Gasteiger partial charge in [0.05, 0.1) is 13.2 Å². The van der Waals surface area contributed by atoms with E-state index in [0.717, 1.165) is 52.1 Å². The van der Waals surface area contributed by atoms with Crippen molar-refractivity contribution in [3.63, 3.8) is 0 Å². The Balaban J connectivity index is 2.27. The lowest BCUT2D eigenvalue weighted by Crippen LogP contribution is -2.46. The SMILES string of the molecule is CCOCCN(CCOCC)C(C)CNC1CCCCC1. The topological polar surface area (TPSA) is 33.7 Å². The van der Waals surface area contributed by atoms with E-state index < -0.39 is 0 Å². The van der Waals surface area contributed by atoms with E-state index in [1.807, 2.05) is 0 Å². The summed E-state index contributed by atoms with van der Waals surface area (Å²) >= 11 is 0. The zero-order valence-corrected chi connectivity index (χ0v) is 14.4. The van der Waals surface area contributed by atoms with Crippen LogP contribution >= 0.6 is 0 Å². The van der Waals surface area contributed by atoms with Gasteiger partial charge in [0, 0.05) is 44.9 Å². The summed E-state index contributed by atoms with van der Waals surface area (Å²) in [6.07, 6.45) is 6.91. The van der Waals surface area contributed by atoms with Crippen LogP contribution in [0.1, 0.15) is 52.9 Å². The number of ether oxygens (including phenoxy) is 2. The molecule has 1 fully saturated rings. The fourth-order valence-electron chi connectivity index (χ4n) is 2.98. The molecule has 0 bridgehead atoms. The van der Waals surface area contributed by atoms with Gasteiger partial charge in [0.2, 0.25) is 0 Å². The highest BCUT2D eigenvalue weighted by Gasteiger charge is 2.17. The van der Waals surface area contributed by atoms with Gasteiger partial charge in [0.15, 0.2) is 0 Å². The molecule has 0 saturated heterocycles. The first-order valence-corrected chi connectivity index (χ1v) is 8.90.